The second kappa shape index (κ2) is 4.19. The zero-order chi connectivity index (χ0) is 13.6. The van der Waals surface area contributed by atoms with Crippen molar-refractivity contribution in [3.63, 3.8) is 0 Å². The molecule has 7 heteroatoms. The minimum atomic E-state index is -0.558. The number of nitrogens with one attached hydrogen (secondary N) is 1. The molecule has 19 heavy (non-hydrogen) atoms. The number of carbonyl (C=O) groups is 1. The number of nitrogens with zero attached hydrogens (tertiary/aromatic N) is 2. The molecule has 0 unspecified atom stereocenters. The van der Waals surface area contributed by atoms with Gasteiger partial charge in [0.1, 0.15) is 0 Å². The van der Waals surface area contributed by atoms with Crippen LogP contribution in [-0.4, -0.2) is 32.9 Å². The van der Waals surface area contributed by atoms with E-state index in [9.17, 15) is 9.59 Å². The van der Waals surface area contributed by atoms with Crippen LogP contribution < -0.4 is 5.69 Å². The smallest absolute Gasteiger partial charge is 0.343 e. The zero-order valence-corrected chi connectivity index (χ0v) is 11.0. The molecular formula is C12H17N3O4. The topological polar surface area (TPSA) is 86.2 Å². The van der Waals surface area contributed by atoms with E-state index in [2.05, 4.69) is 10.1 Å². The van der Waals surface area contributed by atoms with Gasteiger partial charge in [0.05, 0.1) is 17.6 Å². The highest BCUT2D eigenvalue weighted by atomic mass is 16.5. The number of hydrogen-bond acceptors (Lipinski definition) is 5. The van der Waals surface area contributed by atoms with E-state index in [0.717, 1.165) is 19.3 Å². The van der Waals surface area contributed by atoms with Crippen LogP contribution in [0.15, 0.2) is 4.79 Å². The van der Waals surface area contributed by atoms with Gasteiger partial charge in [-0.1, -0.05) is 0 Å². The van der Waals surface area contributed by atoms with E-state index in [4.69, 9.17) is 9.47 Å². The third-order valence-electron chi connectivity index (χ3n) is 4.09. The first-order valence-electron chi connectivity index (χ1n) is 6.44. The van der Waals surface area contributed by atoms with Gasteiger partial charge in [0.25, 0.3) is 0 Å². The SMILES string of the molecule is Cn1nc(COC(=O)[C@@]2(C)C[C@H]3CC[C@@H]2O3)[nH]c1=O. The summed E-state index contributed by atoms with van der Waals surface area (Å²) < 4.78 is 12.1. The first-order valence-corrected chi connectivity index (χ1v) is 6.44. The lowest BCUT2D eigenvalue weighted by atomic mass is 9.75. The molecular weight excluding hydrogens is 250 g/mol. The summed E-state index contributed by atoms with van der Waals surface area (Å²) in [6.07, 6.45) is 2.82. The standard InChI is InChI=1S/C12H17N3O4/c1-12(5-7-3-4-8(12)19-7)10(16)18-6-9-13-11(17)15(2)14-9/h7-8H,3-6H2,1-2H3,(H,13,14,17)/t7-,8+,12+/m1/s1. The van der Waals surface area contributed by atoms with E-state index < -0.39 is 5.41 Å². The van der Waals surface area contributed by atoms with Crippen LogP contribution in [0.5, 0.6) is 0 Å². The van der Waals surface area contributed by atoms with Crippen molar-refractivity contribution < 1.29 is 14.3 Å². The number of carbonyl (C=O) groups excluding carboxylic acids is 1. The van der Waals surface area contributed by atoms with Crippen molar-refractivity contribution in [2.24, 2.45) is 12.5 Å². The molecule has 1 N–H and O–H groups in total. The highest BCUT2D eigenvalue weighted by Gasteiger charge is 2.54. The van der Waals surface area contributed by atoms with E-state index in [1.54, 1.807) is 0 Å². The summed E-state index contributed by atoms with van der Waals surface area (Å²) >= 11 is 0. The Kier molecular flexibility index (Phi) is 2.74. The van der Waals surface area contributed by atoms with Crippen molar-refractivity contribution in [1.82, 2.24) is 14.8 Å². The normalized spacial score (nSPS) is 32.7. The van der Waals surface area contributed by atoms with Gasteiger partial charge in [-0.05, 0) is 26.2 Å². The molecule has 2 fully saturated rings. The molecule has 0 saturated carbocycles. The summed E-state index contributed by atoms with van der Waals surface area (Å²) in [5, 5.41) is 3.92. The molecule has 2 aliphatic heterocycles. The molecule has 0 spiro atoms. The first kappa shape index (κ1) is 12.4. The average Bonchev–Trinajstić information content (AvgIpc) is 3.02. The molecule has 3 atom stereocenters. The van der Waals surface area contributed by atoms with Crippen molar-refractivity contribution in [2.45, 2.75) is 45.0 Å². The van der Waals surface area contributed by atoms with Crippen LogP contribution in [0.3, 0.4) is 0 Å². The monoisotopic (exact) mass is 267 g/mol. The Balaban J connectivity index is 1.64. The Bertz CT molecular complexity index is 564. The molecule has 104 valence electrons. The second-order valence-corrected chi connectivity index (χ2v) is 5.52. The zero-order valence-electron chi connectivity index (χ0n) is 11.0. The van der Waals surface area contributed by atoms with Crippen molar-refractivity contribution in [1.29, 1.82) is 0 Å². The number of aromatic amines is 1. The van der Waals surface area contributed by atoms with Crippen molar-refractivity contribution in [3.05, 3.63) is 16.3 Å². The number of aryl methyl sites for hydroxylation is 1. The minimum absolute atomic E-state index is 0.0120. The molecule has 7 nitrogen and oxygen atoms in total. The number of esters is 1. The van der Waals surface area contributed by atoms with E-state index in [-0.39, 0.29) is 30.5 Å². The molecule has 3 heterocycles. The van der Waals surface area contributed by atoms with Crippen LogP contribution in [0.1, 0.15) is 32.0 Å². The van der Waals surface area contributed by atoms with Gasteiger partial charge in [-0.3, -0.25) is 9.78 Å². The lowest BCUT2D eigenvalue weighted by molar-refractivity contribution is -0.159. The molecule has 0 aliphatic carbocycles. The second-order valence-electron chi connectivity index (χ2n) is 5.52. The Labute approximate surface area is 109 Å². The molecule has 1 aromatic heterocycles. The van der Waals surface area contributed by atoms with Gasteiger partial charge in [0.2, 0.25) is 0 Å². The van der Waals surface area contributed by atoms with Crippen LogP contribution in [0, 0.1) is 5.41 Å². The van der Waals surface area contributed by atoms with E-state index >= 15 is 0 Å². The van der Waals surface area contributed by atoms with Gasteiger partial charge in [0, 0.05) is 7.05 Å². The summed E-state index contributed by atoms with van der Waals surface area (Å²) in [5.41, 5.74) is -0.877. The van der Waals surface area contributed by atoms with Gasteiger partial charge in [0.15, 0.2) is 12.4 Å². The molecule has 0 amide bonds. The van der Waals surface area contributed by atoms with Crippen molar-refractivity contribution >= 4 is 5.97 Å². The Morgan fingerprint density at radius 3 is 2.95 bits per heavy atom. The third-order valence-corrected chi connectivity index (χ3v) is 4.09. The van der Waals surface area contributed by atoms with Crippen molar-refractivity contribution in [2.75, 3.05) is 0 Å². The summed E-state index contributed by atoms with van der Waals surface area (Å²) in [7, 11) is 1.54. The van der Waals surface area contributed by atoms with Crippen LogP contribution >= 0.6 is 0 Å². The molecule has 2 aliphatic rings. The highest BCUT2D eigenvalue weighted by Crippen LogP contribution is 2.48. The first-order chi connectivity index (χ1) is 8.99. The van der Waals surface area contributed by atoms with Gasteiger partial charge in [-0.15, -0.1) is 0 Å². The molecule has 1 aromatic rings. The quantitative estimate of drug-likeness (QED) is 0.785. The summed E-state index contributed by atoms with van der Waals surface area (Å²) in [6.45, 7) is 1.88. The number of H-pyrrole nitrogens is 1. The average molecular weight is 267 g/mol. The highest BCUT2D eigenvalue weighted by molar-refractivity contribution is 5.77. The van der Waals surface area contributed by atoms with E-state index in [1.165, 1.54) is 11.7 Å². The third kappa shape index (κ3) is 1.98. The fourth-order valence-electron chi connectivity index (χ4n) is 2.96. The fourth-order valence-corrected chi connectivity index (χ4v) is 2.96. The predicted octanol–water partition coefficient (Wildman–Crippen LogP) is 0.109. The Morgan fingerprint density at radius 2 is 2.42 bits per heavy atom. The van der Waals surface area contributed by atoms with Gasteiger partial charge >= 0.3 is 11.7 Å². The number of hydrogen-bond donors (Lipinski definition) is 1. The molecule has 0 radical (unpaired) electrons. The molecule has 3 rings (SSSR count). The summed E-state index contributed by atoms with van der Waals surface area (Å²) in [4.78, 5) is 25.9. The molecule has 2 saturated heterocycles. The lowest BCUT2D eigenvalue weighted by Gasteiger charge is -2.28. The Morgan fingerprint density at radius 1 is 1.63 bits per heavy atom. The number of rotatable bonds is 3. The van der Waals surface area contributed by atoms with Crippen LogP contribution in [0.2, 0.25) is 0 Å². The fraction of sp³-hybridized carbons (Fsp3) is 0.750. The Hall–Kier alpha value is -1.63. The number of fused-ring (bicyclic) bond motifs is 2. The summed E-state index contributed by atoms with van der Waals surface area (Å²) in [5.74, 6) is 0.0831. The van der Waals surface area contributed by atoms with Crippen LogP contribution in [0.4, 0.5) is 0 Å². The lowest BCUT2D eigenvalue weighted by Crippen LogP contribution is -2.38. The van der Waals surface area contributed by atoms with Crippen LogP contribution in [0.25, 0.3) is 0 Å². The molecule has 2 bridgehead atoms. The largest absolute Gasteiger partial charge is 0.457 e. The molecule has 0 aromatic carbocycles. The predicted molar refractivity (Wildman–Crippen MR) is 64.2 cm³/mol. The van der Waals surface area contributed by atoms with E-state index in [1.807, 2.05) is 6.92 Å². The number of ether oxygens (including phenoxy) is 2. The maximum atomic E-state index is 12.2. The van der Waals surface area contributed by atoms with Crippen molar-refractivity contribution in [3.8, 4) is 0 Å². The van der Waals surface area contributed by atoms with Crippen LogP contribution in [-0.2, 0) is 27.9 Å². The maximum Gasteiger partial charge on any atom is 0.343 e. The van der Waals surface area contributed by atoms with Gasteiger partial charge in [-0.25, -0.2) is 9.48 Å². The maximum absolute atomic E-state index is 12.2. The minimum Gasteiger partial charge on any atom is -0.457 e. The van der Waals surface area contributed by atoms with Gasteiger partial charge in [-0.2, -0.15) is 5.10 Å². The van der Waals surface area contributed by atoms with Gasteiger partial charge < -0.3 is 9.47 Å². The number of aromatic nitrogens is 3. The van der Waals surface area contributed by atoms with E-state index in [0.29, 0.717) is 5.82 Å². The summed E-state index contributed by atoms with van der Waals surface area (Å²) in [6, 6.07) is 0.